The number of carbonyl (C=O) groups excluding carboxylic acids is 3. The molecule has 1 atom stereocenters. The zero-order chi connectivity index (χ0) is 29.2. The number of hydrogen-bond donors (Lipinski definition) is 2. The summed E-state index contributed by atoms with van der Waals surface area (Å²) in [6.45, 7) is 0. The van der Waals surface area contributed by atoms with Crippen LogP contribution in [0.25, 0.3) is 21.7 Å². The third kappa shape index (κ3) is 5.54. The third-order valence-electron chi connectivity index (χ3n) is 6.56. The molecule has 12 heteroatoms. The molecule has 42 heavy (non-hydrogen) atoms. The molecule has 0 bridgehead atoms. The maximum atomic E-state index is 13.1. The average Bonchev–Trinajstić information content (AvgIpc) is 3.63. The second kappa shape index (κ2) is 11.6. The molecule has 0 radical (unpaired) electrons. The first-order chi connectivity index (χ1) is 20.4. The fourth-order valence-corrected chi connectivity index (χ4v) is 6.16. The summed E-state index contributed by atoms with van der Waals surface area (Å²) in [4.78, 5) is 51.3. The van der Waals surface area contributed by atoms with Crippen molar-refractivity contribution in [2.24, 2.45) is 0 Å². The van der Waals surface area contributed by atoms with Crippen molar-refractivity contribution in [1.82, 2.24) is 15.0 Å². The zero-order valence-corrected chi connectivity index (χ0v) is 24.0. The zero-order valence-electron chi connectivity index (χ0n) is 22.4. The summed E-state index contributed by atoms with van der Waals surface area (Å²) in [5.74, 6) is 1.71. The number of ketones is 1. The van der Waals surface area contributed by atoms with E-state index in [0.717, 1.165) is 23.0 Å². The Labute approximate surface area is 248 Å². The summed E-state index contributed by atoms with van der Waals surface area (Å²) in [5, 5.41) is 5.58. The topological polar surface area (TPSA) is 132 Å². The Hall–Kier alpha value is -4.81. The molecule has 0 saturated carbocycles. The van der Waals surface area contributed by atoms with Crippen molar-refractivity contribution >= 4 is 67.4 Å². The lowest BCUT2D eigenvalue weighted by Crippen LogP contribution is -2.12. The minimum absolute atomic E-state index is 0.0441. The number of thioether (sulfide) groups is 1. The molecule has 6 rings (SSSR count). The standard InChI is InChI=1S/C30H23N5O5S2/c1-39-22-11-10-20(13-23(22)40-2)32-28-25-30(41-15-31-25)35-27(34-28)17-4-3-5-18(12-17)29(38)33-19-8-6-16(7-9-19)26-21(36)14-24(37)42-26/h3-13,15,26H,14H2,1-2H3,(H,33,38)(H,32,34,35). The van der Waals surface area contributed by atoms with Gasteiger partial charge in [0.25, 0.3) is 5.91 Å². The van der Waals surface area contributed by atoms with Crippen molar-refractivity contribution in [3.8, 4) is 22.9 Å². The van der Waals surface area contributed by atoms with E-state index >= 15 is 0 Å². The van der Waals surface area contributed by atoms with Crippen LogP contribution in [0.15, 0.2) is 72.2 Å². The highest BCUT2D eigenvalue weighted by atomic mass is 32.2. The molecule has 2 N–H and O–H groups in total. The summed E-state index contributed by atoms with van der Waals surface area (Å²) < 4.78 is 10.8. The van der Waals surface area contributed by atoms with E-state index in [1.807, 2.05) is 12.1 Å². The number of ether oxygens (including phenoxy) is 2. The maximum Gasteiger partial charge on any atom is 0.255 e. The van der Waals surface area contributed by atoms with E-state index in [2.05, 4.69) is 20.6 Å². The molecule has 210 valence electrons. The predicted octanol–water partition coefficient (Wildman–Crippen LogP) is 6.04. The molecule has 3 aromatic carbocycles. The molecule has 0 aliphatic carbocycles. The van der Waals surface area contributed by atoms with E-state index in [-0.39, 0.29) is 23.2 Å². The van der Waals surface area contributed by atoms with Gasteiger partial charge in [-0.3, -0.25) is 14.4 Å². The number of carbonyl (C=O) groups is 3. The number of benzene rings is 3. The van der Waals surface area contributed by atoms with Crippen LogP contribution >= 0.6 is 23.1 Å². The fourth-order valence-electron chi connectivity index (χ4n) is 4.50. The Kier molecular flexibility index (Phi) is 7.55. The fraction of sp³-hybridized carbons (Fsp3) is 0.133. The van der Waals surface area contributed by atoms with Crippen molar-refractivity contribution in [1.29, 1.82) is 0 Å². The van der Waals surface area contributed by atoms with Crippen LogP contribution in [0.4, 0.5) is 17.2 Å². The van der Waals surface area contributed by atoms with E-state index in [1.165, 1.54) is 11.3 Å². The predicted molar refractivity (Wildman–Crippen MR) is 163 cm³/mol. The van der Waals surface area contributed by atoms with Crippen LogP contribution < -0.4 is 20.1 Å². The first-order valence-corrected chi connectivity index (χ1v) is 14.5. The monoisotopic (exact) mass is 597 g/mol. The van der Waals surface area contributed by atoms with Gasteiger partial charge in [0, 0.05) is 28.6 Å². The van der Waals surface area contributed by atoms with E-state index in [1.54, 1.807) is 74.3 Å². The van der Waals surface area contributed by atoms with E-state index in [4.69, 9.17) is 14.5 Å². The van der Waals surface area contributed by atoms with Gasteiger partial charge >= 0.3 is 0 Å². The Morgan fingerprint density at radius 2 is 1.71 bits per heavy atom. The van der Waals surface area contributed by atoms with Crippen molar-refractivity contribution < 1.29 is 23.9 Å². The number of aromatic nitrogens is 3. The summed E-state index contributed by atoms with van der Waals surface area (Å²) >= 11 is 2.43. The van der Waals surface area contributed by atoms with Gasteiger partial charge in [0.1, 0.15) is 10.3 Å². The van der Waals surface area contributed by atoms with Crippen LogP contribution in [-0.4, -0.2) is 46.0 Å². The quantitative estimate of drug-likeness (QED) is 0.204. The molecule has 1 fully saturated rings. The number of nitrogens with one attached hydrogen (secondary N) is 2. The lowest BCUT2D eigenvalue weighted by molar-refractivity contribution is -0.121. The van der Waals surface area contributed by atoms with Crippen LogP contribution in [0.2, 0.25) is 0 Å². The van der Waals surface area contributed by atoms with E-state index in [0.29, 0.717) is 50.3 Å². The van der Waals surface area contributed by atoms with Crippen LogP contribution in [0.1, 0.15) is 27.6 Å². The van der Waals surface area contributed by atoms with Gasteiger partial charge in [0.05, 0.1) is 31.4 Å². The summed E-state index contributed by atoms with van der Waals surface area (Å²) in [7, 11) is 3.15. The number of thiazole rings is 1. The highest BCUT2D eigenvalue weighted by Gasteiger charge is 2.33. The Morgan fingerprint density at radius 3 is 2.45 bits per heavy atom. The van der Waals surface area contributed by atoms with E-state index < -0.39 is 5.25 Å². The van der Waals surface area contributed by atoms with Crippen molar-refractivity contribution in [3.05, 3.63) is 83.4 Å². The van der Waals surface area contributed by atoms with Gasteiger partial charge in [0.2, 0.25) is 0 Å². The molecular formula is C30H23N5O5S2. The SMILES string of the molecule is COc1ccc(Nc2nc(-c3cccc(C(=O)Nc4ccc(C5SC(=O)CC5=O)cc4)c3)nc3scnc23)cc1OC. The molecule has 1 unspecified atom stereocenters. The molecule has 1 amide bonds. The van der Waals surface area contributed by atoms with Crippen molar-refractivity contribution in [2.45, 2.75) is 11.7 Å². The molecule has 5 aromatic rings. The lowest BCUT2D eigenvalue weighted by Gasteiger charge is -2.12. The lowest BCUT2D eigenvalue weighted by atomic mass is 10.1. The average molecular weight is 598 g/mol. The first-order valence-electron chi connectivity index (χ1n) is 12.8. The number of amides is 1. The van der Waals surface area contributed by atoms with Crippen LogP contribution in [0.3, 0.4) is 0 Å². The first kappa shape index (κ1) is 27.4. The van der Waals surface area contributed by atoms with Crippen LogP contribution in [-0.2, 0) is 9.59 Å². The van der Waals surface area contributed by atoms with Gasteiger partial charge < -0.3 is 20.1 Å². The minimum atomic E-state index is -0.485. The van der Waals surface area contributed by atoms with Crippen molar-refractivity contribution in [2.75, 3.05) is 24.9 Å². The molecular weight excluding hydrogens is 574 g/mol. The normalized spacial score (nSPS) is 14.7. The van der Waals surface area contributed by atoms with E-state index in [9.17, 15) is 14.4 Å². The molecule has 1 saturated heterocycles. The summed E-state index contributed by atoms with van der Waals surface area (Å²) in [5.41, 5.74) is 5.45. The summed E-state index contributed by atoms with van der Waals surface area (Å²) in [6.07, 6.45) is -0.0441. The molecule has 1 aliphatic rings. The Bertz CT molecular complexity index is 1840. The molecule has 0 spiro atoms. The van der Waals surface area contributed by atoms with Crippen molar-refractivity contribution in [3.63, 3.8) is 0 Å². The van der Waals surface area contributed by atoms with Gasteiger partial charge in [-0.15, -0.1) is 11.3 Å². The van der Waals surface area contributed by atoms with Gasteiger partial charge in [-0.05, 0) is 42.0 Å². The van der Waals surface area contributed by atoms with Gasteiger partial charge in [0.15, 0.2) is 34.0 Å². The second-order valence-corrected chi connectivity index (χ2v) is 11.3. The number of rotatable bonds is 8. The Morgan fingerprint density at radius 1 is 0.929 bits per heavy atom. The molecule has 1 aliphatic heterocycles. The number of Topliss-reactive ketones (excluding diaryl/α,β-unsaturated/α-hetero) is 1. The molecule has 3 heterocycles. The minimum Gasteiger partial charge on any atom is -0.493 e. The number of nitrogens with zero attached hydrogens (tertiary/aromatic N) is 3. The smallest absolute Gasteiger partial charge is 0.255 e. The molecule has 2 aromatic heterocycles. The van der Waals surface area contributed by atoms with Gasteiger partial charge in [-0.2, -0.15) is 0 Å². The highest BCUT2D eigenvalue weighted by Crippen LogP contribution is 2.38. The molecule has 10 nitrogen and oxygen atoms in total. The number of anilines is 3. The van der Waals surface area contributed by atoms with Crippen LogP contribution in [0.5, 0.6) is 11.5 Å². The van der Waals surface area contributed by atoms with Gasteiger partial charge in [-0.25, -0.2) is 15.0 Å². The maximum absolute atomic E-state index is 13.1. The van der Waals surface area contributed by atoms with Crippen LogP contribution in [0, 0.1) is 0 Å². The van der Waals surface area contributed by atoms with Gasteiger partial charge in [-0.1, -0.05) is 36.0 Å². The number of hydrogen-bond acceptors (Lipinski definition) is 11. The number of methoxy groups -OCH3 is 2. The summed E-state index contributed by atoms with van der Waals surface area (Å²) in [6, 6.07) is 19.5. The third-order valence-corrected chi connectivity index (χ3v) is 8.46. The largest absolute Gasteiger partial charge is 0.493 e. The number of fused-ring (bicyclic) bond motifs is 1. The highest BCUT2D eigenvalue weighted by molar-refractivity contribution is 8.15. The second-order valence-electron chi connectivity index (χ2n) is 9.27. The Balaban J connectivity index is 1.24.